The number of benzene rings is 1. The van der Waals surface area contributed by atoms with Gasteiger partial charge in [0.05, 0.1) is 6.61 Å². The Bertz CT molecular complexity index is 291. The first kappa shape index (κ1) is 11.3. The molecule has 14 heavy (non-hydrogen) atoms. The van der Waals surface area contributed by atoms with Crippen LogP contribution in [-0.4, -0.2) is 18.6 Å². The fraction of sp³-hybridized carbons (Fsp3) is 0.400. The minimum atomic E-state index is -0.961. The molecule has 0 fully saturated rings. The molecule has 0 N–H and O–H groups in total. The third kappa shape index (κ3) is 3.18. The van der Waals surface area contributed by atoms with Crippen molar-refractivity contribution >= 4 is 11.8 Å². The number of rotatable bonds is 5. The van der Waals surface area contributed by atoms with Gasteiger partial charge in [-0.25, -0.2) is 4.39 Å². The van der Waals surface area contributed by atoms with E-state index in [9.17, 15) is 8.78 Å². The van der Waals surface area contributed by atoms with Crippen LogP contribution in [0.2, 0.25) is 0 Å². The highest BCUT2D eigenvalue weighted by atomic mass is 32.2. The lowest BCUT2D eigenvalue weighted by Gasteiger charge is -2.05. The van der Waals surface area contributed by atoms with Crippen molar-refractivity contribution in [3.63, 3.8) is 0 Å². The SMILES string of the molecule is CSCCCOc1[c]ccc(F)c1F. The Morgan fingerprint density at radius 3 is 3.00 bits per heavy atom. The molecule has 77 valence electrons. The second-order valence-corrected chi connectivity index (χ2v) is 3.65. The normalized spacial score (nSPS) is 10.2. The van der Waals surface area contributed by atoms with Gasteiger partial charge in [-0.1, -0.05) is 0 Å². The van der Waals surface area contributed by atoms with E-state index in [4.69, 9.17) is 4.74 Å². The minimum Gasteiger partial charge on any atom is -0.490 e. The van der Waals surface area contributed by atoms with Crippen LogP contribution in [0.4, 0.5) is 8.78 Å². The molecule has 0 spiro atoms. The molecule has 1 aromatic rings. The monoisotopic (exact) mass is 217 g/mol. The molecule has 4 heteroatoms. The van der Waals surface area contributed by atoms with Crippen LogP contribution in [0.3, 0.4) is 0 Å². The molecule has 0 aliphatic rings. The number of halogens is 2. The van der Waals surface area contributed by atoms with Gasteiger partial charge in [0.15, 0.2) is 11.6 Å². The Morgan fingerprint density at radius 2 is 2.29 bits per heavy atom. The topological polar surface area (TPSA) is 9.23 Å². The molecule has 0 heterocycles. The van der Waals surface area contributed by atoms with Crippen LogP contribution in [0.1, 0.15) is 6.42 Å². The number of hydrogen-bond donors (Lipinski definition) is 0. The number of ether oxygens (including phenoxy) is 1. The third-order valence-corrected chi connectivity index (χ3v) is 2.29. The molecule has 0 saturated carbocycles. The van der Waals surface area contributed by atoms with Gasteiger partial charge in [0.1, 0.15) is 0 Å². The van der Waals surface area contributed by atoms with Crippen LogP contribution in [-0.2, 0) is 0 Å². The van der Waals surface area contributed by atoms with E-state index < -0.39 is 11.6 Å². The van der Waals surface area contributed by atoms with Crippen LogP contribution in [0.5, 0.6) is 5.75 Å². The van der Waals surface area contributed by atoms with Crippen molar-refractivity contribution < 1.29 is 13.5 Å². The van der Waals surface area contributed by atoms with E-state index in [0.717, 1.165) is 18.2 Å². The van der Waals surface area contributed by atoms with Gasteiger partial charge < -0.3 is 4.74 Å². The molecule has 1 aromatic carbocycles. The molecule has 1 radical (unpaired) electrons. The molecule has 0 unspecified atom stereocenters. The molecule has 1 rings (SSSR count). The first-order valence-electron chi connectivity index (χ1n) is 4.23. The second-order valence-electron chi connectivity index (χ2n) is 2.66. The largest absolute Gasteiger partial charge is 0.490 e. The summed E-state index contributed by atoms with van der Waals surface area (Å²) in [5, 5.41) is 0. The van der Waals surface area contributed by atoms with Crippen molar-refractivity contribution in [1.82, 2.24) is 0 Å². The maximum Gasteiger partial charge on any atom is 0.201 e. The Labute approximate surface area is 86.5 Å². The highest BCUT2D eigenvalue weighted by molar-refractivity contribution is 7.98. The van der Waals surface area contributed by atoms with Gasteiger partial charge in [0, 0.05) is 6.07 Å². The van der Waals surface area contributed by atoms with Crippen LogP contribution in [0.25, 0.3) is 0 Å². The summed E-state index contributed by atoms with van der Waals surface area (Å²) in [5.74, 6) is -1.05. The van der Waals surface area contributed by atoms with Gasteiger partial charge in [0.25, 0.3) is 0 Å². The predicted octanol–water partition coefficient (Wildman–Crippen LogP) is 2.90. The molecular weight excluding hydrogens is 206 g/mol. The first-order valence-corrected chi connectivity index (χ1v) is 5.62. The van der Waals surface area contributed by atoms with Gasteiger partial charge in [-0.2, -0.15) is 16.2 Å². The maximum atomic E-state index is 13.0. The van der Waals surface area contributed by atoms with Crippen molar-refractivity contribution in [2.24, 2.45) is 0 Å². The maximum absolute atomic E-state index is 13.0. The van der Waals surface area contributed by atoms with E-state index >= 15 is 0 Å². The Morgan fingerprint density at radius 1 is 1.50 bits per heavy atom. The molecule has 0 atom stereocenters. The summed E-state index contributed by atoms with van der Waals surface area (Å²) in [7, 11) is 0. The average molecular weight is 217 g/mol. The average Bonchev–Trinajstić information content (AvgIpc) is 2.19. The van der Waals surface area contributed by atoms with E-state index in [1.807, 2.05) is 6.26 Å². The van der Waals surface area contributed by atoms with E-state index in [-0.39, 0.29) is 5.75 Å². The molecule has 0 aliphatic heterocycles. The zero-order chi connectivity index (χ0) is 10.4. The summed E-state index contributed by atoms with van der Waals surface area (Å²) in [6.45, 7) is 0.387. The van der Waals surface area contributed by atoms with Gasteiger partial charge >= 0.3 is 0 Å². The van der Waals surface area contributed by atoms with Gasteiger partial charge in [-0.15, -0.1) is 0 Å². The fourth-order valence-corrected chi connectivity index (χ4v) is 1.32. The van der Waals surface area contributed by atoms with E-state index in [1.54, 1.807) is 11.8 Å². The Balaban J connectivity index is 2.46. The van der Waals surface area contributed by atoms with E-state index in [2.05, 4.69) is 6.07 Å². The van der Waals surface area contributed by atoms with Crippen LogP contribution >= 0.6 is 11.8 Å². The third-order valence-electron chi connectivity index (χ3n) is 1.59. The first-order chi connectivity index (χ1) is 6.75. The highest BCUT2D eigenvalue weighted by Crippen LogP contribution is 2.18. The highest BCUT2D eigenvalue weighted by Gasteiger charge is 2.08. The zero-order valence-electron chi connectivity index (χ0n) is 7.85. The van der Waals surface area contributed by atoms with Crippen molar-refractivity contribution in [3.8, 4) is 5.75 Å². The van der Waals surface area contributed by atoms with E-state index in [0.29, 0.717) is 6.61 Å². The zero-order valence-corrected chi connectivity index (χ0v) is 8.66. The molecule has 0 bridgehead atoms. The summed E-state index contributed by atoms with van der Waals surface area (Å²) in [6, 6.07) is 4.84. The predicted molar refractivity (Wildman–Crippen MR) is 53.7 cm³/mol. The summed E-state index contributed by atoms with van der Waals surface area (Å²) in [5.41, 5.74) is 0. The lowest BCUT2D eigenvalue weighted by atomic mass is 10.3. The lowest BCUT2D eigenvalue weighted by Crippen LogP contribution is -2.01. The van der Waals surface area contributed by atoms with Crippen molar-refractivity contribution in [3.05, 3.63) is 29.8 Å². The fourth-order valence-electron chi connectivity index (χ4n) is 0.918. The quantitative estimate of drug-likeness (QED) is 0.701. The Kier molecular flexibility index (Phi) is 4.73. The van der Waals surface area contributed by atoms with Crippen LogP contribution in [0.15, 0.2) is 12.1 Å². The van der Waals surface area contributed by atoms with Gasteiger partial charge in [0.2, 0.25) is 5.82 Å². The van der Waals surface area contributed by atoms with E-state index in [1.165, 1.54) is 6.07 Å². The standard InChI is InChI=1S/C10H11F2OS/c1-14-7-3-6-13-9-5-2-4-8(11)10(9)12/h2,4H,3,6-7H2,1H3. The molecular formula is C10H11F2OS. The van der Waals surface area contributed by atoms with Crippen molar-refractivity contribution in [1.29, 1.82) is 0 Å². The summed E-state index contributed by atoms with van der Waals surface area (Å²) in [6.07, 6.45) is 2.79. The summed E-state index contributed by atoms with van der Waals surface area (Å²) >= 11 is 1.69. The molecule has 0 amide bonds. The Hall–Kier alpha value is -0.770. The van der Waals surface area contributed by atoms with Gasteiger partial charge in [-0.05, 0) is 30.6 Å². The summed E-state index contributed by atoms with van der Waals surface area (Å²) in [4.78, 5) is 0. The molecule has 0 saturated heterocycles. The van der Waals surface area contributed by atoms with Crippen LogP contribution in [0, 0.1) is 17.7 Å². The van der Waals surface area contributed by atoms with Crippen LogP contribution < -0.4 is 4.74 Å². The van der Waals surface area contributed by atoms with Crippen molar-refractivity contribution in [2.75, 3.05) is 18.6 Å². The minimum absolute atomic E-state index is 0.133. The van der Waals surface area contributed by atoms with Gasteiger partial charge in [-0.3, -0.25) is 0 Å². The van der Waals surface area contributed by atoms with Crippen molar-refractivity contribution in [2.45, 2.75) is 6.42 Å². The number of hydrogen-bond acceptors (Lipinski definition) is 2. The molecule has 1 nitrogen and oxygen atoms in total. The number of thioether (sulfide) groups is 1. The second kappa shape index (κ2) is 5.86. The molecule has 0 aromatic heterocycles. The lowest BCUT2D eigenvalue weighted by molar-refractivity contribution is 0.295. The smallest absolute Gasteiger partial charge is 0.201 e. The summed E-state index contributed by atoms with van der Waals surface area (Å²) < 4.78 is 30.7. The molecule has 0 aliphatic carbocycles.